The van der Waals surface area contributed by atoms with Gasteiger partial charge in [0.2, 0.25) is 0 Å². The molecule has 0 unspecified atom stereocenters. The predicted molar refractivity (Wildman–Crippen MR) is 59.8 cm³/mol. The Kier molecular flexibility index (Phi) is 4.56. The van der Waals surface area contributed by atoms with Gasteiger partial charge in [0.25, 0.3) is 0 Å². The van der Waals surface area contributed by atoms with Gasteiger partial charge in [0.15, 0.2) is 11.6 Å². The lowest BCUT2D eigenvalue weighted by atomic mass is 10.2. The van der Waals surface area contributed by atoms with Crippen LogP contribution in [-0.4, -0.2) is 32.1 Å². The van der Waals surface area contributed by atoms with Crippen molar-refractivity contribution in [1.82, 2.24) is 4.90 Å². The fraction of sp³-hybridized carbons (Fsp3) is 0.500. The van der Waals surface area contributed by atoms with Gasteiger partial charge in [0.1, 0.15) is 0 Å². The summed E-state index contributed by atoms with van der Waals surface area (Å²) in [6.45, 7) is 3.43. The Labute approximate surface area is 90.7 Å². The summed E-state index contributed by atoms with van der Waals surface area (Å²) < 4.78 is 18.6. The SMILES string of the molecule is Cc1ccc(F)c(OCCCN(C)C)c1. The van der Waals surface area contributed by atoms with Crippen LogP contribution < -0.4 is 4.74 Å². The molecule has 0 bridgehead atoms. The van der Waals surface area contributed by atoms with Crippen LogP contribution >= 0.6 is 0 Å². The monoisotopic (exact) mass is 211 g/mol. The molecule has 0 aliphatic rings. The van der Waals surface area contributed by atoms with E-state index in [0.717, 1.165) is 18.5 Å². The number of hydrogen-bond donors (Lipinski definition) is 0. The van der Waals surface area contributed by atoms with Crippen LogP contribution in [0.3, 0.4) is 0 Å². The Morgan fingerprint density at radius 2 is 2.07 bits per heavy atom. The quantitative estimate of drug-likeness (QED) is 0.694. The maximum atomic E-state index is 13.2. The van der Waals surface area contributed by atoms with E-state index in [1.165, 1.54) is 6.07 Å². The molecule has 0 saturated carbocycles. The Bertz CT molecular complexity index is 312. The lowest BCUT2D eigenvalue weighted by molar-refractivity contribution is 0.271. The van der Waals surface area contributed by atoms with E-state index in [9.17, 15) is 4.39 Å². The Hall–Kier alpha value is -1.09. The molecule has 1 aromatic rings. The summed E-state index contributed by atoms with van der Waals surface area (Å²) >= 11 is 0. The van der Waals surface area contributed by atoms with Gasteiger partial charge in [-0.1, -0.05) is 6.07 Å². The Balaban J connectivity index is 2.40. The van der Waals surface area contributed by atoms with Gasteiger partial charge in [-0.3, -0.25) is 0 Å². The van der Waals surface area contributed by atoms with Crippen LogP contribution in [0, 0.1) is 12.7 Å². The highest BCUT2D eigenvalue weighted by Crippen LogP contribution is 2.18. The molecule has 0 aliphatic carbocycles. The molecule has 0 heterocycles. The van der Waals surface area contributed by atoms with Gasteiger partial charge in [-0.15, -0.1) is 0 Å². The average molecular weight is 211 g/mol. The van der Waals surface area contributed by atoms with Gasteiger partial charge in [0.05, 0.1) is 6.61 Å². The van der Waals surface area contributed by atoms with E-state index in [1.807, 2.05) is 21.0 Å². The molecule has 84 valence electrons. The van der Waals surface area contributed by atoms with Gasteiger partial charge in [0, 0.05) is 6.54 Å². The van der Waals surface area contributed by atoms with Crippen molar-refractivity contribution in [2.75, 3.05) is 27.2 Å². The first-order valence-corrected chi connectivity index (χ1v) is 5.13. The topological polar surface area (TPSA) is 12.5 Å². The summed E-state index contributed by atoms with van der Waals surface area (Å²) in [5.74, 6) is 0.0687. The molecule has 0 atom stereocenters. The van der Waals surface area contributed by atoms with E-state index in [-0.39, 0.29) is 5.82 Å². The van der Waals surface area contributed by atoms with Gasteiger partial charge in [-0.2, -0.15) is 0 Å². The first-order valence-electron chi connectivity index (χ1n) is 5.13. The lowest BCUT2D eigenvalue weighted by Crippen LogP contribution is -2.15. The molecule has 15 heavy (non-hydrogen) atoms. The fourth-order valence-corrected chi connectivity index (χ4v) is 1.28. The number of halogens is 1. The minimum absolute atomic E-state index is 0.287. The van der Waals surface area contributed by atoms with E-state index in [0.29, 0.717) is 12.4 Å². The second kappa shape index (κ2) is 5.71. The summed E-state index contributed by atoms with van der Waals surface area (Å²) in [4.78, 5) is 2.08. The van der Waals surface area contributed by atoms with Crippen molar-refractivity contribution in [3.63, 3.8) is 0 Å². The normalized spacial score (nSPS) is 10.7. The third-order valence-electron chi connectivity index (χ3n) is 2.09. The molecule has 0 aromatic heterocycles. The van der Waals surface area contributed by atoms with Crippen LogP contribution in [0.25, 0.3) is 0 Å². The zero-order valence-corrected chi connectivity index (χ0v) is 9.59. The third kappa shape index (κ3) is 4.30. The van der Waals surface area contributed by atoms with Crippen LogP contribution in [-0.2, 0) is 0 Å². The second-order valence-corrected chi connectivity index (χ2v) is 3.94. The summed E-state index contributed by atoms with van der Waals surface area (Å²) in [7, 11) is 4.01. The van der Waals surface area contributed by atoms with Crippen molar-refractivity contribution < 1.29 is 9.13 Å². The van der Waals surface area contributed by atoms with Crippen molar-refractivity contribution in [2.45, 2.75) is 13.3 Å². The maximum absolute atomic E-state index is 13.2. The number of ether oxygens (including phenoxy) is 1. The Morgan fingerprint density at radius 3 is 2.73 bits per heavy atom. The number of benzene rings is 1. The van der Waals surface area contributed by atoms with Crippen LogP contribution in [0.5, 0.6) is 5.75 Å². The van der Waals surface area contributed by atoms with E-state index in [4.69, 9.17) is 4.74 Å². The van der Waals surface area contributed by atoms with E-state index < -0.39 is 0 Å². The van der Waals surface area contributed by atoms with Crippen molar-refractivity contribution >= 4 is 0 Å². The Morgan fingerprint density at radius 1 is 1.33 bits per heavy atom. The zero-order valence-electron chi connectivity index (χ0n) is 9.59. The molecule has 1 rings (SSSR count). The maximum Gasteiger partial charge on any atom is 0.165 e. The molecule has 0 aliphatic heterocycles. The van der Waals surface area contributed by atoms with E-state index >= 15 is 0 Å². The van der Waals surface area contributed by atoms with Crippen molar-refractivity contribution in [3.05, 3.63) is 29.6 Å². The first kappa shape index (κ1) is 12.0. The van der Waals surface area contributed by atoms with Gasteiger partial charge in [-0.05, 0) is 45.1 Å². The van der Waals surface area contributed by atoms with Crippen LogP contribution in [0.4, 0.5) is 4.39 Å². The standard InChI is InChI=1S/C12H18FNO/c1-10-5-6-11(13)12(9-10)15-8-4-7-14(2)3/h5-6,9H,4,7-8H2,1-3H3. The second-order valence-electron chi connectivity index (χ2n) is 3.94. The molecule has 0 fully saturated rings. The zero-order chi connectivity index (χ0) is 11.3. The van der Waals surface area contributed by atoms with Crippen LogP contribution in [0.1, 0.15) is 12.0 Å². The average Bonchev–Trinajstić information content (AvgIpc) is 2.17. The highest BCUT2D eigenvalue weighted by molar-refractivity contribution is 5.29. The van der Waals surface area contributed by atoms with Crippen molar-refractivity contribution in [3.8, 4) is 5.75 Å². The van der Waals surface area contributed by atoms with Crippen molar-refractivity contribution in [1.29, 1.82) is 0 Å². The molecule has 3 heteroatoms. The smallest absolute Gasteiger partial charge is 0.165 e. The predicted octanol–water partition coefficient (Wildman–Crippen LogP) is 2.46. The lowest BCUT2D eigenvalue weighted by Gasteiger charge is -2.11. The number of nitrogens with zero attached hydrogens (tertiary/aromatic N) is 1. The molecule has 0 N–H and O–H groups in total. The molecule has 1 aromatic carbocycles. The fourth-order valence-electron chi connectivity index (χ4n) is 1.28. The number of hydrogen-bond acceptors (Lipinski definition) is 2. The summed E-state index contributed by atoms with van der Waals surface area (Å²) in [6, 6.07) is 4.91. The van der Waals surface area contributed by atoms with Gasteiger partial charge < -0.3 is 9.64 Å². The van der Waals surface area contributed by atoms with Gasteiger partial charge >= 0.3 is 0 Å². The molecule has 0 spiro atoms. The minimum atomic E-state index is -0.287. The van der Waals surface area contributed by atoms with Gasteiger partial charge in [-0.25, -0.2) is 4.39 Å². The highest BCUT2D eigenvalue weighted by Gasteiger charge is 2.02. The molecular weight excluding hydrogens is 193 g/mol. The number of aryl methyl sites for hydroxylation is 1. The van der Waals surface area contributed by atoms with E-state index in [2.05, 4.69) is 4.90 Å². The molecule has 0 amide bonds. The summed E-state index contributed by atoms with van der Waals surface area (Å²) in [6.07, 6.45) is 0.903. The summed E-state index contributed by atoms with van der Waals surface area (Å²) in [5.41, 5.74) is 1.01. The molecular formula is C12H18FNO. The third-order valence-corrected chi connectivity index (χ3v) is 2.09. The number of rotatable bonds is 5. The first-order chi connectivity index (χ1) is 7.09. The van der Waals surface area contributed by atoms with Crippen LogP contribution in [0.2, 0.25) is 0 Å². The molecule has 2 nitrogen and oxygen atoms in total. The van der Waals surface area contributed by atoms with E-state index in [1.54, 1.807) is 12.1 Å². The highest BCUT2D eigenvalue weighted by atomic mass is 19.1. The molecule has 0 radical (unpaired) electrons. The van der Waals surface area contributed by atoms with Crippen LogP contribution in [0.15, 0.2) is 18.2 Å². The minimum Gasteiger partial charge on any atom is -0.490 e. The largest absolute Gasteiger partial charge is 0.490 e. The van der Waals surface area contributed by atoms with Crippen molar-refractivity contribution in [2.24, 2.45) is 0 Å². The summed E-state index contributed by atoms with van der Waals surface area (Å²) in [5, 5.41) is 0. The molecule has 0 saturated heterocycles.